The van der Waals surface area contributed by atoms with E-state index in [9.17, 15) is 14.4 Å². The van der Waals surface area contributed by atoms with Crippen LogP contribution in [0.4, 0.5) is 5.69 Å². The summed E-state index contributed by atoms with van der Waals surface area (Å²) in [6.07, 6.45) is 3.29. The van der Waals surface area contributed by atoms with E-state index in [1.165, 1.54) is 5.56 Å². The SMILES string of the molecule is Cc1cccc(NC(=O)COc2ccc(C3C4=C(CC(C)(C)CC4=O)N(CCc4ccccc4)C4=C3C(=O)CC(C)(C)C4)cc2)c1C. The first-order chi connectivity index (χ1) is 22.3. The number of nitrogens with zero attached hydrogens (tertiary/aromatic N) is 1. The van der Waals surface area contributed by atoms with Crippen molar-refractivity contribution in [3.05, 3.63) is 118 Å². The van der Waals surface area contributed by atoms with Crippen molar-refractivity contribution in [3.8, 4) is 5.75 Å². The largest absolute Gasteiger partial charge is 0.484 e. The van der Waals surface area contributed by atoms with Crippen molar-refractivity contribution in [1.29, 1.82) is 0 Å². The Kier molecular flexibility index (Phi) is 8.73. The van der Waals surface area contributed by atoms with E-state index in [1.807, 2.05) is 62.4 Å². The summed E-state index contributed by atoms with van der Waals surface area (Å²) < 4.78 is 5.88. The van der Waals surface area contributed by atoms with Gasteiger partial charge in [-0.1, -0.05) is 82.3 Å². The second kappa shape index (κ2) is 12.6. The minimum atomic E-state index is -0.415. The van der Waals surface area contributed by atoms with Gasteiger partial charge >= 0.3 is 0 Å². The molecule has 1 heterocycles. The van der Waals surface area contributed by atoms with Crippen LogP contribution in [0.2, 0.25) is 0 Å². The van der Waals surface area contributed by atoms with Gasteiger partial charge in [0.05, 0.1) is 0 Å². The summed E-state index contributed by atoms with van der Waals surface area (Å²) in [6, 6.07) is 23.8. The minimum Gasteiger partial charge on any atom is -0.484 e. The van der Waals surface area contributed by atoms with E-state index in [4.69, 9.17) is 4.74 Å². The molecule has 6 nitrogen and oxygen atoms in total. The highest BCUT2D eigenvalue weighted by Crippen LogP contribution is 2.54. The fraction of sp³-hybridized carbons (Fsp3) is 0.390. The van der Waals surface area contributed by atoms with Crippen molar-refractivity contribution >= 4 is 23.2 Å². The van der Waals surface area contributed by atoms with Crippen molar-refractivity contribution in [2.24, 2.45) is 10.8 Å². The molecule has 1 amide bonds. The van der Waals surface area contributed by atoms with Crippen molar-refractivity contribution < 1.29 is 19.1 Å². The number of hydrogen-bond donors (Lipinski definition) is 1. The number of ketones is 2. The Hall–Kier alpha value is -4.45. The predicted molar refractivity (Wildman–Crippen MR) is 186 cm³/mol. The topological polar surface area (TPSA) is 75.7 Å². The molecule has 0 radical (unpaired) electrons. The molecular formula is C41H46N2O4. The summed E-state index contributed by atoms with van der Waals surface area (Å²) in [7, 11) is 0. The highest BCUT2D eigenvalue weighted by atomic mass is 16.5. The van der Waals surface area contributed by atoms with Crippen molar-refractivity contribution in [2.75, 3.05) is 18.5 Å². The number of anilines is 1. The predicted octanol–water partition coefficient (Wildman–Crippen LogP) is 8.25. The second-order valence-electron chi connectivity index (χ2n) is 15.1. The Balaban J connectivity index is 1.32. The van der Waals surface area contributed by atoms with Crippen molar-refractivity contribution in [2.45, 2.75) is 79.6 Å². The molecule has 1 N–H and O–H groups in total. The van der Waals surface area contributed by atoms with Gasteiger partial charge in [0, 0.05) is 53.5 Å². The quantitative estimate of drug-likeness (QED) is 0.271. The lowest BCUT2D eigenvalue weighted by Crippen LogP contribution is -2.45. The maximum absolute atomic E-state index is 14.1. The zero-order valence-corrected chi connectivity index (χ0v) is 28.5. The molecule has 1 aliphatic heterocycles. The van der Waals surface area contributed by atoms with Gasteiger partial charge in [0.25, 0.3) is 5.91 Å². The van der Waals surface area contributed by atoms with Gasteiger partial charge in [0.1, 0.15) is 5.75 Å². The highest BCUT2D eigenvalue weighted by Gasteiger charge is 2.48. The zero-order chi connectivity index (χ0) is 33.5. The van der Waals surface area contributed by atoms with Gasteiger partial charge in [-0.2, -0.15) is 0 Å². The fourth-order valence-corrected chi connectivity index (χ4v) is 7.51. The summed E-state index contributed by atoms with van der Waals surface area (Å²) in [5, 5.41) is 2.94. The molecule has 0 spiro atoms. The molecule has 3 aromatic rings. The molecule has 0 saturated heterocycles. The molecule has 3 aromatic carbocycles. The lowest BCUT2D eigenvalue weighted by Gasteiger charge is -2.49. The van der Waals surface area contributed by atoms with Gasteiger partial charge in [-0.25, -0.2) is 0 Å². The first-order valence-corrected chi connectivity index (χ1v) is 16.7. The van der Waals surface area contributed by atoms with Crippen LogP contribution in [0.3, 0.4) is 0 Å². The van der Waals surface area contributed by atoms with E-state index in [1.54, 1.807) is 0 Å². The van der Waals surface area contributed by atoms with E-state index in [0.29, 0.717) is 18.6 Å². The number of carbonyl (C=O) groups is 3. The third-order valence-electron chi connectivity index (χ3n) is 9.95. The molecule has 0 saturated carbocycles. The smallest absolute Gasteiger partial charge is 0.262 e. The maximum atomic E-state index is 14.1. The lowest BCUT2D eigenvalue weighted by molar-refractivity contribution is -0.120. The van der Waals surface area contributed by atoms with Crippen LogP contribution in [0.15, 0.2) is 95.3 Å². The fourth-order valence-electron chi connectivity index (χ4n) is 7.51. The third kappa shape index (κ3) is 6.83. The van der Waals surface area contributed by atoms with Crippen LogP contribution in [0.5, 0.6) is 5.75 Å². The molecule has 3 aliphatic rings. The molecule has 0 unspecified atom stereocenters. The maximum Gasteiger partial charge on any atom is 0.262 e. The number of aryl methyl sites for hydroxylation is 1. The van der Waals surface area contributed by atoms with Crippen LogP contribution in [0.25, 0.3) is 0 Å². The van der Waals surface area contributed by atoms with Gasteiger partial charge in [0.2, 0.25) is 0 Å². The average molecular weight is 631 g/mol. The Morgan fingerprint density at radius 3 is 1.98 bits per heavy atom. The molecule has 47 heavy (non-hydrogen) atoms. The molecule has 244 valence electrons. The highest BCUT2D eigenvalue weighted by molar-refractivity contribution is 6.06. The number of nitrogens with one attached hydrogen (secondary N) is 1. The Bertz CT molecular complexity index is 1730. The van der Waals surface area contributed by atoms with E-state index in [0.717, 1.165) is 70.7 Å². The van der Waals surface area contributed by atoms with Crippen molar-refractivity contribution in [3.63, 3.8) is 0 Å². The Morgan fingerprint density at radius 1 is 0.787 bits per heavy atom. The lowest BCUT2D eigenvalue weighted by atomic mass is 9.63. The van der Waals surface area contributed by atoms with Crippen molar-refractivity contribution in [1.82, 2.24) is 4.90 Å². The summed E-state index contributed by atoms with van der Waals surface area (Å²) in [5.74, 6) is 0.154. The number of hydrogen-bond acceptors (Lipinski definition) is 5. The first-order valence-electron chi connectivity index (χ1n) is 16.7. The third-order valence-corrected chi connectivity index (χ3v) is 9.95. The summed E-state index contributed by atoms with van der Waals surface area (Å²) >= 11 is 0. The van der Waals surface area contributed by atoms with Gasteiger partial charge in [0.15, 0.2) is 18.2 Å². The molecule has 0 bridgehead atoms. The monoisotopic (exact) mass is 630 g/mol. The normalized spacial score (nSPS) is 19.0. The van der Waals surface area contributed by atoms with Gasteiger partial charge in [-0.15, -0.1) is 0 Å². The average Bonchev–Trinajstić information content (AvgIpc) is 3.00. The minimum absolute atomic E-state index is 0.124. The zero-order valence-electron chi connectivity index (χ0n) is 28.5. The molecule has 2 aliphatic carbocycles. The van der Waals surface area contributed by atoms with E-state index >= 15 is 0 Å². The number of benzene rings is 3. The van der Waals surface area contributed by atoms with Crippen LogP contribution in [-0.4, -0.2) is 35.5 Å². The van der Waals surface area contributed by atoms with Crippen LogP contribution >= 0.6 is 0 Å². The van der Waals surface area contributed by atoms with E-state index in [-0.39, 0.29) is 34.9 Å². The van der Waals surface area contributed by atoms with Gasteiger partial charge in [-0.05, 0) is 84.4 Å². The van der Waals surface area contributed by atoms with Crippen LogP contribution < -0.4 is 10.1 Å². The molecule has 0 atom stereocenters. The van der Waals surface area contributed by atoms with Crippen LogP contribution in [-0.2, 0) is 20.8 Å². The molecule has 0 fully saturated rings. The second-order valence-corrected chi connectivity index (χ2v) is 15.1. The molecular weight excluding hydrogens is 584 g/mol. The van der Waals surface area contributed by atoms with Gasteiger partial charge < -0.3 is 15.0 Å². The van der Waals surface area contributed by atoms with Gasteiger partial charge in [-0.3, -0.25) is 14.4 Å². The first kappa shape index (κ1) is 32.5. The number of rotatable bonds is 8. The number of carbonyl (C=O) groups excluding carboxylic acids is 3. The Labute approximate surface area is 278 Å². The Morgan fingerprint density at radius 2 is 1.38 bits per heavy atom. The summed E-state index contributed by atoms with van der Waals surface area (Å²) in [4.78, 5) is 43.3. The molecule has 6 heteroatoms. The standard InChI is InChI=1S/C41H46N2O4/c1-26-11-10-14-31(27(26)2)42-36(46)25-47-30-17-15-29(16-18-30)37-38-32(21-40(3,4)23-34(38)44)43(20-19-28-12-8-7-9-13-28)33-22-41(5,6)24-35(45)39(33)37/h7-18,37H,19-25H2,1-6H3,(H,42,46). The number of ether oxygens (including phenoxy) is 1. The number of Topliss-reactive ketones (excluding diaryl/α,β-unsaturated/α-hetero) is 2. The van der Waals surface area contributed by atoms with E-state index in [2.05, 4.69) is 62.2 Å². The molecule has 6 rings (SSSR count). The van der Waals surface area contributed by atoms with Crippen LogP contribution in [0.1, 0.15) is 81.5 Å². The number of allylic oxidation sites excluding steroid dienone is 4. The number of amides is 1. The molecule has 0 aromatic heterocycles. The summed E-state index contributed by atoms with van der Waals surface area (Å²) in [6.45, 7) is 13.3. The van der Waals surface area contributed by atoms with E-state index < -0.39 is 5.92 Å². The summed E-state index contributed by atoms with van der Waals surface area (Å²) in [5.41, 5.74) is 8.38. The van der Waals surface area contributed by atoms with Crippen LogP contribution in [0, 0.1) is 24.7 Å².